The topological polar surface area (TPSA) is 46.9 Å². The number of carbonyl (C=O) groups excluding carboxylic acids is 1. The van der Waals surface area contributed by atoms with Gasteiger partial charge in [0.1, 0.15) is 5.82 Å². The molecule has 3 rings (SSSR count). The van der Waals surface area contributed by atoms with Gasteiger partial charge in [-0.3, -0.25) is 4.79 Å². The lowest BCUT2D eigenvalue weighted by atomic mass is 10.1. The number of carbonyl (C=O) groups is 1. The molecule has 1 N–H and O–H groups in total. The van der Waals surface area contributed by atoms with Crippen molar-refractivity contribution in [2.45, 2.75) is 13.0 Å². The minimum absolute atomic E-state index is 0.219. The Morgan fingerprint density at radius 2 is 1.83 bits per heavy atom. The Bertz CT molecular complexity index is 797. The van der Waals surface area contributed by atoms with Crippen LogP contribution in [0.1, 0.15) is 28.9 Å². The van der Waals surface area contributed by atoms with Gasteiger partial charge in [0.15, 0.2) is 0 Å². The molecule has 2 aromatic carbocycles. The molecule has 0 aliphatic carbocycles. The van der Waals surface area contributed by atoms with E-state index >= 15 is 0 Å². The van der Waals surface area contributed by atoms with Gasteiger partial charge in [-0.25, -0.2) is 9.07 Å². The van der Waals surface area contributed by atoms with Crippen molar-refractivity contribution in [3.05, 3.63) is 83.9 Å². The predicted octanol–water partition coefficient (Wildman–Crippen LogP) is 3.50. The second-order valence-corrected chi connectivity index (χ2v) is 5.26. The van der Waals surface area contributed by atoms with Crippen LogP contribution in [0.5, 0.6) is 0 Å². The zero-order valence-corrected chi connectivity index (χ0v) is 12.6. The molecular weight excluding hydrogens is 293 g/mol. The number of nitrogens with zero attached hydrogens (tertiary/aromatic N) is 2. The second kappa shape index (κ2) is 6.44. The van der Waals surface area contributed by atoms with Gasteiger partial charge in [0.05, 0.1) is 23.5 Å². The SMILES string of the molecule is C[C@H](NC(=O)c1cnn(-c2ccccc2)c1)c1ccc(F)cc1. The number of hydrogen-bond acceptors (Lipinski definition) is 2. The molecule has 0 bridgehead atoms. The van der Waals surface area contributed by atoms with Crippen molar-refractivity contribution < 1.29 is 9.18 Å². The van der Waals surface area contributed by atoms with Crippen molar-refractivity contribution in [3.63, 3.8) is 0 Å². The summed E-state index contributed by atoms with van der Waals surface area (Å²) in [6.07, 6.45) is 3.21. The summed E-state index contributed by atoms with van der Waals surface area (Å²) in [5, 5.41) is 7.09. The summed E-state index contributed by atoms with van der Waals surface area (Å²) in [6.45, 7) is 1.85. The number of aromatic nitrogens is 2. The van der Waals surface area contributed by atoms with Crippen LogP contribution in [0.4, 0.5) is 4.39 Å². The van der Waals surface area contributed by atoms with Crippen LogP contribution in [0.15, 0.2) is 67.0 Å². The fraction of sp³-hybridized carbons (Fsp3) is 0.111. The highest BCUT2D eigenvalue weighted by Crippen LogP contribution is 2.14. The highest BCUT2D eigenvalue weighted by molar-refractivity contribution is 5.94. The van der Waals surface area contributed by atoms with E-state index in [-0.39, 0.29) is 17.8 Å². The minimum atomic E-state index is -0.295. The van der Waals surface area contributed by atoms with Crippen molar-refractivity contribution in [1.29, 1.82) is 0 Å². The fourth-order valence-corrected chi connectivity index (χ4v) is 2.28. The van der Waals surface area contributed by atoms with E-state index in [0.717, 1.165) is 11.3 Å². The molecule has 23 heavy (non-hydrogen) atoms. The standard InChI is InChI=1S/C18H16FN3O/c1-13(14-7-9-16(19)10-8-14)21-18(23)15-11-20-22(12-15)17-5-3-2-4-6-17/h2-13H,1H3,(H,21,23)/t13-/m0/s1. The molecule has 116 valence electrons. The van der Waals surface area contributed by atoms with E-state index in [9.17, 15) is 9.18 Å². The molecule has 0 saturated carbocycles. The van der Waals surface area contributed by atoms with Gasteiger partial charge in [-0.05, 0) is 36.8 Å². The van der Waals surface area contributed by atoms with Crippen LogP contribution in [0, 0.1) is 5.82 Å². The second-order valence-electron chi connectivity index (χ2n) is 5.26. The van der Waals surface area contributed by atoms with E-state index in [1.807, 2.05) is 37.3 Å². The van der Waals surface area contributed by atoms with Crippen LogP contribution in [-0.2, 0) is 0 Å². The number of amides is 1. The lowest BCUT2D eigenvalue weighted by molar-refractivity contribution is 0.0940. The first kappa shape index (κ1) is 15.0. The lowest BCUT2D eigenvalue weighted by Crippen LogP contribution is -2.26. The van der Waals surface area contributed by atoms with Crippen molar-refractivity contribution >= 4 is 5.91 Å². The summed E-state index contributed by atoms with van der Waals surface area (Å²) in [5.74, 6) is -0.513. The molecule has 0 spiro atoms. The van der Waals surface area contributed by atoms with E-state index < -0.39 is 0 Å². The van der Waals surface area contributed by atoms with Crippen molar-refractivity contribution in [1.82, 2.24) is 15.1 Å². The number of nitrogens with one attached hydrogen (secondary N) is 1. The van der Waals surface area contributed by atoms with Crippen molar-refractivity contribution in [3.8, 4) is 5.69 Å². The van der Waals surface area contributed by atoms with Crippen molar-refractivity contribution in [2.75, 3.05) is 0 Å². The van der Waals surface area contributed by atoms with Crippen LogP contribution in [0.2, 0.25) is 0 Å². The Labute approximate surface area is 133 Å². The first-order valence-corrected chi connectivity index (χ1v) is 7.30. The highest BCUT2D eigenvalue weighted by Gasteiger charge is 2.13. The summed E-state index contributed by atoms with van der Waals surface area (Å²) in [6, 6.07) is 15.4. The van der Waals surface area contributed by atoms with E-state index in [0.29, 0.717) is 5.56 Å². The van der Waals surface area contributed by atoms with Crippen LogP contribution >= 0.6 is 0 Å². The van der Waals surface area contributed by atoms with Gasteiger partial charge in [-0.1, -0.05) is 30.3 Å². The third kappa shape index (κ3) is 3.45. The molecule has 1 heterocycles. The molecule has 0 aliphatic rings. The Morgan fingerprint density at radius 3 is 2.52 bits per heavy atom. The maximum atomic E-state index is 12.9. The summed E-state index contributed by atoms with van der Waals surface area (Å²) in [5.41, 5.74) is 2.20. The zero-order valence-electron chi connectivity index (χ0n) is 12.6. The maximum Gasteiger partial charge on any atom is 0.254 e. The van der Waals surface area contributed by atoms with Crippen molar-refractivity contribution in [2.24, 2.45) is 0 Å². The first-order valence-electron chi connectivity index (χ1n) is 7.30. The molecule has 1 amide bonds. The van der Waals surface area contributed by atoms with Crippen LogP contribution < -0.4 is 5.32 Å². The van der Waals surface area contributed by atoms with Gasteiger partial charge in [0.25, 0.3) is 5.91 Å². The van der Waals surface area contributed by atoms with Gasteiger partial charge >= 0.3 is 0 Å². The van der Waals surface area contributed by atoms with E-state index in [2.05, 4.69) is 10.4 Å². The highest BCUT2D eigenvalue weighted by atomic mass is 19.1. The summed E-state index contributed by atoms with van der Waals surface area (Å²) in [4.78, 5) is 12.3. The first-order chi connectivity index (χ1) is 11.1. The quantitative estimate of drug-likeness (QED) is 0.802. The predicted molar refractivity (Wildman–Crippen MR) is 85.8 cm³/mol. The summed E-state index contributed by atoms with van der Waals surface area (Å²) >= 11 is 0. The molecule has 4 nitrogen and oxygen atoms in total. The van der Waals surface area contributed by atoms with Crippen LogP contribution in [0.3, 0.4) is 0 Å². The molecule has 0 saturated heterocycles. The van der Waals surface area contributed by atoms with Gasteiger partial charge in [0.2, 0.25) is 0 Å². The van der Waals surface area contributed by atoms with E-state index in [1.54, 1.807) is 23.0 Å². The number of hydrogen-bond donors (Lipinski definition) is 1. The van der Waals surface area contributed by atoms with Gasteiger partial charge in [-0.2, -0.15) is 5.10 Å². The Balaban J connectivity index is 1.71. The van der Waals surface area contributed by atoms with Crippen LogP contribution in [0.25, 0.3) is 5.69 Å². The molecule has 0 unspecified atom stereocenters. The summed E-state index contributed by atoms with van der Waals surface area (Å²) < 4.78 is 14.6. The average molecular weight is 309 g/mol. The molecule has 1 atom stereocenters. The maximum absolute atomic E-state index is 12.9. The number of benzene rings is 2. The third-order valence-electron chi connectivity index (χ3n) is 3.58. The van der Waals surface area contributed by atoms with Gasteiger partial charge in [0, 0.05) is 6.20 Å². The molecule has 0 fully saturated rings. The van der Waals surface area contributed by atoms with Gasteiger partial charge in [-0.15, -0.1) is 0 Å². The fourth-order valence-electron chi connectivity index (χ4n) is 2.28. The number of para-hydroxylation sites is 1. The lowest BCUT2D eigenvalue weighted by Gasteiger charge is -2.13. The zero-order chi connectivity index (χ0) is 16.2. The summed E-state index contributed by atoms with van der Waals surface area (Å²) in [7, 11) is 0. The van der Waals surface area contributed by atoms with Gasteiger partial charge < -0.3 is 5.32 Å². The molecule has 5 heteroatoms. The Morgan fingerprint density at radius 1 is 1.13 bits per heavy atom. The minimum Gasteiger partial charge on any atom is -0.345 e. The molecule has 3 aromatic rings. The average Bonchev–Trinajstić information content (AvgIpc) is 3.06. The van der Waals surface area contributed by atoms with Crippen LogP contribution in [-0.4, -0.2) is 15.7 Å². The molecule has 0 aliphatic heterocycles. The normalized spacial score (nSPS) is 11.9. The molecular formula is C18H16FN3O. The monoisotopic (exact) mass is 309 g/mol. The molecule has 1 aromatic heterocycles. The third-order valence-corrected chi connectivity index (χ3v) is 3.58. The molecule has 0 radical (unpaired) electrons. The Kier molecular flexibility index (Phi) is 4.19. The Hall–Kier alpha value is -2.95. The smallest absolute Gasteiger partial charge is 0.254 e. The largest absolute Gasteiger partial charge is 0.345 e. The number of halogens is 1. The number of rotatable bonds is 4. The van der Waals surface area contributed by atoms with E-state index in [4.69, 9.17) is 0 Å². The van der Waals surface area contributed by atoms with E-state index in [1.165, 1.54) is 18.3 Å².